The van der Waals surface area contributed by atoms with Crippen molar-refractivity contribution >= 4 is 16.6 Å². The van der Waals surface area contributed by atoms with Crippen LogP contribution in [0.3, 0.4) is 0 Å². The maximum absolute atomic E-state index is 10.8. The van der Waals surface area contributed by atoms with Gasteiger partial charge in [0.2, 0.25) is 0 Å². The Labute approximate surface area is 167 Å². The molecule has 0 radical (unpaired) electrons. The van der Waals surface area contributed by atoms with Crippen molar-refractivity contribution in [1.82, 2.24) is 0 Å². The third kappa shape index (κ3) is 5.85. The predicted molar refractivity (Wildman–Crippen MR) is 113 cm³/mol. The molecule has 0 aliphatic carbocycles. The lowest BCUT2D eigenvalue weighted by molar-refractivity contribution is -0.290. The molecule has 0 amide bonds. The first-order valence-electron chi connectivity index (χ1n) is 9.81. The monoisotopic (exact) mass is 422 g/mol. The zero-order valence-corrected chi connectivity index (χ0v) is 21.1. The number of aliphatic hydroxyl groups excluding tert-OH is 2. The summed E-state index contributed by atoms with van der Waals surface area (Å²) >= 11 is 0. The van der Waals surface area contributed by atoms with Gasteiger partial charge in [0.05, 0.1) is 6.61 Å². The van der Waals surface area contributed by atoms with Gasteiger partial charge in [0.25, 0.3) is 0 Å². The molecule has 0 saturated carbocycles. The lowest BCUT2D eigenvalue weighted by Gasteiger charge is -2.47. The first kappa shape index (κ1) is 25.2. The molecular weight excluding hydrogens is 380 g/mol. The number of methoxy groups -OCH3 is 1. The molecule has 5 atom stereocenters. The topological polar surface area (TPSA) is 77.4 Å². The smallest absolute Gasteiger partial charge is 0.192 e. The van der Waals surface area contributed by atoms with E-state index in [1.807, 2.05) is 0 Å². The molecule has 0 bridgehead atoms. The lowest BCUT2D eigenvalue weighted by Crippen LogP contribution is -2.63. The van der Waals surface area contributed by atoms with E-state index in [2.05, 4.69) is 67.7 Å². The minimum atomic E-state index is -2.17. The number of hydrogen-bond donors (Lipinski definition) is 2. The van der Waals surface area contributed by atoms with Gasteiger partial charge in [-0.05, 0) is 36.3 Å². The van der Waals surface area contributed by atoms with Crippen molar-refractivity contribution in [2.24, 2.45) is 0 Å². The number of aliphatic hydroxyl groups is 2. The highest BCUT2D eigenvalue weighted by molar-refractivity contribution is 6.74. The van der Waals surface area contributed by atoms with Crippen LogP contribution in [0, 0.1) is 0 Å². The summed E-state index contributed by atoms with van der Waals surface area (Å²) in [6.45, 7) is 21.6. The summed E-state index contributed by atoms with van der Waals surface area (Å²) in [7, 11) is -2.63. The Kier molecular flexibility index (Phi) is 7.95. The SMILES string of the molecule is CO[C@H]1O[C@H](CO[Si](C)(C)C(C)(C)C)[C@@H](O)[C@H](O)[C@H]1O[Si](C)(C)C(C)(C)C. The number of rotatable bonds is 6. The molecule has 27 heavy (non-hydrogen) atoms. The van der Waals surface area contributed by atoms with E-state index in [0.29, 0.717) is 0 Å². The van der Waals surface area contributed by atoms with E-state index in [9.17, 15) is 10.2 Å². The van der Waals surface area contributed by atoms with E-state index >= 15 is 0 Å². The first-order chi connectivity index (χ1) is 11.9. The zero-order valence-electron chi connectivity index (χ0n) is 19.1. The fourth-order valence-electron chi connectivity index (χ4n) is 2.38. The zero-order chi connectivity index (χ0) is 21.4. The molecule has 0 aromatic rings. The van der Waals surface area contributed by atoms with Gasteiger partial charge in [-0.1, -0.05) is 41.5 Å². The predicted octanol–water partition coefficient (Wildman–Crippen LogP) is 3.49. The fraction of sp³-hybridized carbons (Fsp3) is 1.00. The quantitative estimate of drug-likeness (QED) is 0.638. The van der Waals surface area contributed by atoms with Crippen LogP contribution in [0.1, 0.15) is 41.5 Å². The maximum Gasteiger partial charge on any atom is 0.192 e. The molecule has 0 unspecified atom stereocenters. The summed E-state index contributed by atoms with van der Waals surface area (Å²) in [4.78, 5) is 0. The summed E-state index contributed by atoms with van der Waals surface area (Å²) in [5, 5.41) is 21.5. The molecule has 1 rings (SSSR count). The second-order valence-corrected chi connectivity index (χ2v) is 20.2. The Morgan fingerprint density at radius 2 is 1.33 bits per heavy atom. The summed E-state index contributed by atoms with van der Waals surface area (Å²) in [6, 6.07) is 0. The molecule has 0 spiro atoms. The Morgan fingerprint density at radius 1 is 0.852 bits per heavy atom. The van der Waals surface area contributed by atoms with Gasteiger partial charge in [-0.3, -0.25) is 0 Å². The molecule has 162 valence electrons. The second-order valence-electron chi connectivity index (χ2n) is 10.7. The summed E-state index contributed by atoms with van der Waals surface area (Å²) in [5.74, 6) is 0. The molecule has 6 nitrogen and oxygen atoms in total. The summed E-state index contributed by atoms with van der Waals surface area (Å²) in [6.07, 6.45) is -4.30. The van der Waals surface area contributed by atoms with Crippen LogP contribution in [-0.4, -0.2) is 71.3 Å². The summed E-state index contributed by atoms with van der Waals surface area (Å²) in [5.41, 5.74) is 0. The molecule has 0 aromatic heterocycles. The molecule has 0 aromatic carbocycles. The van der Waals surface area contributed by atoms with Crippen LogP contribution in [0.4, 0.5) is 0 Å². The lowest BCUT2D eigenvalue weighted by atomic mass is 9.99. The molecule has 1 aliphatic heterocycles. The van der Waals surface area contributed by atoms with Crippen molar-refractivity contribution in [3.8, 4) is 0 Å². The number of hydrogen-bond acceptors (Lipinski definition) is 6. The molecular formula is C19H42O6Si2. The third-order valence-corrected chi connectivity index (χ3v) is 15.5. The maximum atomic E-state index is 10.8. The fourth-order valence-corrected chi connectivity index (χ4v) is 4.68. The van der Waals surface area contributed by atoms with E-state index < -0.39 is 47.3 Å². The molecule has 2 N–H and O–H groups in total. The van der Waals surface area contributed by atoms with Gasteiger partial charge in [0.1, 0.15) is 24.4 Å². The molecule has 1 heterocycles. The van der Waals surface area contributed by atoms with Crippen LogP contribution in [0.15, 0.2) is 0 Å². The van der Waals surface area contributed by atoms with Gasteiger partial charge in [0, 0.05) is 7.11 Å². The summed E-state index contributed by atoms with van der Waals surface area (Å²) < 4.78 is 23.9. The van der Waals surface area contributed by atoms with Crippen LogP contribution >= 0.6 is 0 Å². The number of ether oxygens (including phenoxy) is 2. The van der Waals surface area contributed by atoms with Gasteiger partial charge in [-0.2, -0.15) is 0 Å². The second kappa shape index (κ2) is 8.51. The van der Waals surface area contributed by atoms with Gasteiger partial charge < -0.3 is 28.5 Å². The van der Waals surface area contributed by atoms with E-state index in [-0.39, 0.29) is 16.7 Å². The molecule has 8 heteroatoms. The highest BCUT2D eigenvalue weighted by Gasteiger charge is 2.50. The Morgan fingerprint density at radius 3 is 1.74 bits per heavy atom. The van der Waals surface area contributed by atoms with E-state index in [0.717, 1.165) is 0 Å². The average Bonchev–Trinajstić information content (AvgIpc) is 2.48. The first-order valence-corrected chi connectivity index (χ1v) is 15.6. The van der Waals surface area contributed by atoms with Gasteiger partial charge >= 0.3 is 0 Å². The average molecular weight is 423 g/mol. The van der Waals surface area contributed by atoms with Crippen LogP contribution in [0.2, 0.25) is 36.3 Å². The molecule has 1 aliphatic rings. The minimum Gasteiger partial charge on any atom is -0.414 e. The van der Waals surface area contributed by atoms with Gasteiger partial charge in [0.15, 0.2) is 22.9 Å². The highest BCUT2D eigenvalue weighted by atomic mass is 28.4. The van der Waals surface area contributed by atoms with Crippen LogP contribution < -0.4 is 0 Å². The Hall–Kier alpha value is 0.194. The van der Waals surface area contributed by atoms with E-state index in [4.69, 9.17) is 18.3 Å². The molecule has 1 saturated heterocycles. The largest absolute Gasteiger partial charge is 0.414 e. The van der Waals surface area contributed by atoms with Gasteiger partial charge in [-0.15, -0.1) is 0 Å². The minimum absolute atomic E-state index is 0.0295. The van der Waals surface area contributed by atoms with Crippen molar-refractivity contribution in [2.75, 3.05) is 13.7 Å². The van der Waals surface area contributed by atoms with Crippen molar-refractivity contribution < 1.29 is 28.5 Å². The van der Waals surface area contributed by atoms with Crippen LogP contribution in [-0.2, 0) is 18.3 Å². The van der Waals surface area contributed by atoms with Crippen molar-refractivity contribution in [2.45, 2.75) is 109 Å². The standard InChI is InChI=1S/C19H42O6Si2/c1-18(2,3)26(8,9)23-12-13-14(20)15(21)16(17(22-7)24-13)25-27(10,11)19(4,5)6/h13-17,20-21H,12H2,1-11H3/t13-,14-,15+,16-,17+/m1/s1. The third-order valence-electron chi connectivity index (χ3n) is 6.53. The Balaban J connectivity index is 2.90. The van der Waals surface area contributed by atoms with Crippen molar-refractivity contribution in [3.05, 3.63) is 0 Å². The van der Waals surface area contributed by atoms with Crippen molar-refractivity contribution in [3.63, 3.8) is 0 Å². The van der Waals surface area contributed by atoms with Crippen LogP contribution in [0.5, 0.6) is 0 Å². The highest BCUT2D eigenvalue weighted by Crippen LogP contribution is 2.40. The Bertz CT molecular complexity index is 480. The van der Waals surface area contributed by atoms with Crippen molar-refractivity contribution in [1.29, 1.82) is 0 Å². The van der Waals surface area contributed by atoms with Gasteiger partial charge in [-0.25, -0.2) is 0 Å². The van der Waals surface area contributed by atoms with Crippen LogP contribution in [0.25, 0.3) is 0 Å². The normalized spacial score (nSPS) is 31.2. The van der Waals surface area contributed by atoms with E-state index in [1.54, 1.807) is 0 Å². The molecule has 1 fully saturated rings. The van der Waals surface area contributed by atoms with E-state index in [1.165, 1.54) is 7.11 Å².